The van der Waals surface area contributed by atoms with Crippen LogP contribution < -0.4 is 0 Å². The predicted molar refractivity (Wildman–Crippen MR) is 66.3 cm³/mol. The molecular formula is C14H14NO3+. The van der Waals surface area contributed by atoms with Crippen molar-refractivity contribution in [2.45, 2.75) is 0 Å². The second kappa shape index (κ2) is 4.74. The molecule has 0 saturated carbocycles. The minimum Gasteiger partial charge on any atom is -0.368 e. The zero-order valence-corrected chi connectivity index (χ0v) is 9.96. The number of morpholine rings is 1. The lowest BCUT2D eigenvalue weighted by molar-refractivity contribution is -0.554. The molecule has 0 unspecified atom stereocenters. The molecule has 2 aliphatic heterocycles. The number of cyclic esters (lactones) is 1. The van der Waals surface area contributed by atoms with Gasteiger partial charge in [-0.2, -0.15) is 4.58 Å². The summed E-state index contributed by atoms with van der Waals surface area (Å²) in [5.74, 6) is 0.366. The van der Waals surface area contributed by atoms with E-state index in [0.717, 1.165) is 24.2 Å². The third-order valence-corrected chi connectivity index (χ3v) is 3.07. The fourth-order valence-corrected chi connectivity index (χ4v) is 2.19. The zero-order valence-electron chi connectivity index (χ0n) is 9.96. The third-order valence-electron chi connectivity index (χ3n) is 3.07. The van der Waals surface area contributed by atoms with Crippen LogP contribution in [0.4, 0.5) is 0 Å². The SMILES string of the molecule is O=C1C=C(c2ccccc2)C(=[N+]2CCOCC2)O1. The van der Waals surface area contributed by atoms with Gasteiger partial charge >= 0.3 is 11.9 Å². The summed E-state index contributed by atoms with van der Waals surface area (Å²) in [5, 5.41) is 0. The van der Waals surface area contributed by atoms with Crippen LogP contribution in [0.2, 0.25) is 0 Å². The number of hydrogen-bond donors (Lipinski definition) is 0. The van der Waals surface area contributed by atoms with Crippen LogP contribution in [0.25, 0.3) is 5.57 Å². The molecule has 18 heavy (non-hydrogen) atoms. The van der Waals surface area contributed by atoms with Crippen molar-refractivity contribution >= 4 is 17.4 Å². The van der Waals surface area contributed by atoms with Gasteiger partial charge in [0, 0.05) is 6.08 Å². The molecule has 1 saturated heterocycles. The molecule has 1 aromatic rings. The molecule has 92 valence electrons. The maximum atomic E-state index is 11.5. The van der Waals surface area contributed by atoms with Gasteiger partial charge in [-0.05, 0) is 5.56 Å². The number of ether oxygens (including phenoxy) is 2. The van der Waals surface area contributed by atoms with Crippen molar-refractivity contribution in [2.75, 3.05) is 26.3 Å². The monoisotopic (exact) mass is 244 g/mol. The Morgan fingerprint density at radius 2 is 1.78 bits per heavy atom. The van der Waals surface area contributed by atoms with Gasteiger partial charge in [-0.1, -0.05) is 30.3 Å². The van der Waals surface area contributed by atoms with E-state index in [0.29, 0.717) is 19.1 Å². The smallest absolute Gasteiger partial charge is 0.368 e. The lowest BCUT2D eigenvalue weighted by Crippen LogP contribution is -2.34. The van der Waals surface area contributed by atoms with Gasteiger partial charge in [-0.15, -0.1) is 0 Å². The van der Waals surface area contributed by atoms with Crippen molar-refractivity contribution in [3.05, 3.63) is 42.0 Å². The summed E-state index contributed by atoms with van der Waals surface area (Å²) in [5.41, 5.74) is 1.87. The predicted octanol–water partition coefficient (Wildman–Crippen LogP) is 1.07. The quantitative estimate of drug-likeness (QED) is 0.548. The van der Waals surface area contributed by atoms with Gasteiger partial charge in [0.1, 0.15) is 18.8 Å². The molecule has 2 aliphatic rings. The van der Waals surface area contributed by atoms with Crippen LogP contribution >= 0.6 is 0 Å². The average molecular weight is 244 g/mol. The molecule has 0 bridgehead atoms. The Morgan fingerprint density at radius 3 is 2.50 bits per heavy atom. The molecule has 0 amide bonds. The Hall–Kier alpha value is -1.94. The zero-order chi connectivity index (χ0) is 12.4. The highest BCUT2D eigenvalue weighted by atomic mass is 16.5. The molecule has 1 aromatic carbocycles. The van der Waals surface area contributed by atoms with E-state index in [4.69, 9.17) is 9.47 Å². The van der Waals surface area contributed by atoms with Crippen LogP contribution in [0.3, 0.4) is 0 Å². The number of carbonyl (C=O) groups excluding carboxylic acids is 1. The van der Waals surface area contributed by atoms with Crippen LogP contribution in [-0.2, 0) is 14.3 Å². The molecule has 4 heteroatoms. The molecular weight excluding hydrogens is 230 g/mol. The summed E-state index contributed by atoms with van der Waals surface area (Å²) in [6.45, 7) is 2.85. The van der Waals surface area contributed by atoms with Gasteiger partial charge in [0.2, 0.25) is 0 Å². The summed E-state index contributed by atoms with van der Waals surface area (Å²) in [6, 6.07) is 9.82. The molecule has 0 radical (unpaired) electrons. The first-order valence-electron chi connectivity index (χ1n) is 6.03. The van der Waals surface area contributed by atoms with E-state index in [1.807, 2.05) is 30.3 Å². The Morgan fingerprint density at radius 1 is 1.06 bits per heavy atom. The minimum atomic E-state index is -0.296. The van der Waals surface area contributed by atoms with Gasteiger partial charge in [0.25, 0.3) is 0 Å². The number of carbonyl (C=O) groups is 1. The van der Waals surface area contributed by atoms with Crippen molar-refractivity contribution in [3.63, 3.8) is 0 Å². The number of hydrogen-bond acceptors (Lipinski definition) is 3. The number of esters is 1. The fraction of sp³-hybridized carbons (Fsp3) is 0.286. The summed E-state index contributed by atoms with van der Waals surface area (Å²) >= 11 is 0. The third kappa shape index (κ3) is 2.07. The Labute approximate surface area is 105 Å². The van der Waals surface area contributed by atoms with Crippen LogP contribution in [0.1, 0.15) is 5.56 Å². The lowest BCUT2D eigenvalue weighted by atomic mass is 10.1. The van der Waals surface area contributed by atoms with Crippen LogP contribution in [0.5, 0.6) is 0 Å². The van der Waals surface area contributed by atoms with Gasteiger partial charge in [0.15, 0.2) is 13.1 Å². The van der Waals surface area contributed by atoms with E-state index in [2.05, 4.69) is 4.58 Å². The van der Waals surface area contributed by atoms with Crippen molar-refractivity contribution < 1.29 is 18.8 Å². The van der Waals surface area contributed by atoms with Gasteiger partial charge in [-0.25, -0.2) is 4.79 Å². The van der Waals surface area contributed by atoms with Gasteiger partial charge in [0.05, 0.1) is 0 Å². The highest BCUT2D eigenvalue weighted by Gasteiger charge is 2.32. The molecule has 0 aliphatic carbocycles. The van der Waals surface area contributed by atoms with Crippen LogP contribution in [0, 0.1) is 0 Å². The number of benzene rings is 1. The average Bonchev–Trinajstić information content (AvgIpc) is 2.83. The maximum Gasteiger partial charge on any atom is 0.378 e. The van der Waals surface area contributed by atoms with Crippen LogP contribution in [-0.4, -0.2) is 42.7 Å². The van der Waals surface area contributed by atoms with E-state index in [9.17, 15) is 4.79 Å². The molecule has 0 aromatic heterocycles. The van der Waals surface area contributed by atoms with E-state index >= 15 is 0 Å². The summed E-state index contributed by atoms with van der Waals surface area (Å²) in [7, 11) is 0. The van der Waals surface area contributed by atoms with Crippen molar-refractivity contribution in [1.82, 2.24) is 0 Å². The Kier molecular flexibility index (Phi) is 2.94. The first-order valence-corrected chi connectivity index (χ1v) is 6.03. The molecule has 0 atom stereocenters. The van der Waals surface area contributed by atoms with E-state index in [-0.39, 0.29) is 5.97 Å². The topological polar surface area (TPSA) is 38.5 Å². The first-order chi connectivity index (χ1) is 8.84. The summed E-state index contributed by atoms with van der Waals surface area (Å²) in [4.78, 5) is 11.5. The van der Waals surface area contributed by atoms with Crippen molar-refractivity contribution in [1.29, 1.82) is 0 Å². The molecule has 0 spiro atoms. The van der Waals surface area contributed by atoms with Gasteiger partial charge in [-0.3, -0.25) is 0 Å². The second-order valence-corrected chi connectivity index (χ2v) is 4.25. The lowest BCUT2D eigenvalue weighted by Gasteiger charge is -2.12. The summed E-state index contributed by atoms with van der Waals surface area (Å²) < 4.78 is 12.7. The minimum absolute atomic E-state index is 0.296. The fourth-order valence-electron chi connectivity index (χ4n) is 2.19. The Bertz CT molecular complexity index is 523. The normalized spacial score (nSPS) is 19.8. The molecule has 3 rings (SSSR count). The highest BCUT2D eigenvalue weighted by molar-refractivity contribution is 6.28. The molecule has 0 N–H and O–H groups in total. The standard InChI is InChI=1S/C14H14NO3/c16-13-10-12(11-4-2-1-3-5-11)14(18-13)15-6-8-17-9-7-15/h1-5,10H,6-9H2/q+1. The van der Waals surface area contributed by atoms with Crippen molar-refractivity contribution in [2.24, 2.45) is 0 Å². The van der Waals surface area contributed by atoms with Crippen molar-refractivity contribution in [3.8, 4) is 0 Å². The summed E-state index contributed by atoms with van der Waals surface area (Å²) in [6.07, 6.45) is 1.56. The van der Waals surface area contributed by atoms with E-state index in [1.54, 1.807) is 6.08 Å². The number of nitrogens with zero attached hydrogens (tertiary/aromatic N) is 1. The Balaban J connectivity index is 2.01. The second-order valence-electron chi connectivity index (χ2n) is 4.25. The molecule has 2 heterocycles. The van der Waals surface area contributed by atoms with E-state index < -0.39 is 0 Å². The van der Waals surface area contributed by atoms with E-state index in [1.165, 1.54) is 0 Å². The molecule has 1 fully saturated rings. The first kappa shape index (κ1) is 11.2. The van der Waals surface area contributed by atoms with Gasteiger partial charge < -0.3 is 9.47 Å². The highest BCUT2D eigenvalue weighted by Crippen LogP contribution is 2.22. The largest absolute Gasteiger partial charge is 0.378 e. The maximum absolute atomic E-state index is 11.5. The van der Waals surface area contributed by atoms with Crippen LogP contribution in [0.15, 0.2) is 36.4 Å². The molecule has 4 nitrogen and oxygen atoms in total. The number of rotatable bonds is 1.